The third-order valence-electron chi connectivity index (χ3n) is 3.95. The Morgan fingerprint density at radius 1 is 1.07 bits per heavy atom. The maximum absolute atomic E-state index is 12.2. The third kappa shape index (κ3) is 6.33. The van der Waals surface area contributed by atoms with Gasteiger partial charge in [0.1, 0.15) is 11.5 Å². The molecule has 160 valence electrons. The SMILES string of the molecule is COc1ccc(OC)c(/C=C/C(=O)OC(C)C(=O)Nc2ccc(S(N)(=O)=O)cc2)c1. The highest BCUT2D eigenvalue weighted by Gasteiger charge is 2.17. The fourth-order valence-corrected chi connectivity index (χ4v) is 2.88. The van der Waals surface area contributed by atoms with E-state index in [-0.39, 0.29) is 4.90 Å². The van der Waals surface area contributed by atoms with Gasteiger partial charge in [-0.1, -0.05) is 0 Å². The molecule has 0 aliphatic rings. The van der Waals surface area contributed by atoms with Gasteiger partial charge in [0.15, 0.2) is 6.10 Å². The normalized spacial score (nSPS) is 12.3. The summed E-state index contributed by atoms with van der Waals surface area (Å²) in [5.74, 6) is -0.190. The van der Waals surface area contributed by atoms with Crippen LogP contribution in [0.3, 0.4) is 0 Å². The second kappa shape index (κ2) is 9.90. The van der Waals surface area contributed by atoms with Crippen LogP contribution in [-0.2, 0) is 24.3 Å². The molecule has 1 amide bonds. The summed E-state index contributed by atoms with van der Waals surface area (Å²) in [7, 11) is -0.806. The van der Waals surface area contributed by atoms with E-state index >= 15 is 0 Å². The van der Waals surface area contributed by atoms with Crippen LogP contribution in [-0.4, -0.2) is 40.6 Å². The molecule has 30 heavy (non-hydrogen) atoms. The Bertz CT molecular complexity index is 1050. The Hall–Kier alpha value is -3.37. The van der Waals surface area contributed by atoms with Crippen molar-refractivity contribution in [3.63, 3.8) is 0 Å². The van der Waals surface area contributed by atoms with E-state index in [1.165, 1.54) is 57.6 Å². The number of hydrogen-bond donors (Lipinski definition) is 2. The van der Waals surface area contributed by atoms with Crippen molar-refractivity contribution in [2.24, 2.45) is 5.14 Å². The summed E-state index contributed by atoms with van der Waals surface area (Å²) in [4.78, 5) is 24.2. The average Bonchev–Trinajstić information content (AvgIpc) is 2.71. The molecular weight excluding hydrogens is 412 g/mol. The molecule has 0 spiro atoms. The van der Waals surface area contributed by atoms with Gasteiger partial charge in [0.05, 0.1) is 19.1 Å². The summed E-state index contributed by atoms with van der Waals surface area (Å²) in [5.41, 5.74) is 0.924. The van der Waals surface area contributed by atoms with Crippen molar-refractivity contribution < 1.29 is 32.2 Å². The molecule has 0 bridgehead atoms. The van der Waals surface area contributed by atoms with Crippen LogP contribution >= 0.6 is 0 Å². The number of esters is 1. The number of anilines is 1. The summed E-state index contributed by atoms with van der Waals surface area (Å²) >= 11 is 0. The molecule has 1 unspecified atom stereocenters. The summed E-state index contributed by atoms with van der Waals surface area (Å²) in [5, 5.41) is 7.54. The van der Waals surface area contributed by atoms with Crippen LogP contribution in [0, 0.1) is 0 Å². The van der Waals surface area contributed by atoms with Gasteiger partial charge in [-0.2, -0.15) is 0 Å². The zero-order valence-corrected chi connectivity index (χ0v) is 17.4. The molecule has 0 fully saturated rings. The van der Waals surface area contributed by atoms with Crippen LogP contribution in [0.4, 0.5) is 5.69 Å². The molecule has 2 rings (SSSR count). The minimum Gasteiger partial charge on any atom is -0.497 e. The number of nitrogens with one attached hydrogen (secondary N) is 1. The molecule has 0 radical (unpaired) electrons. The zero-order chi connectivity index (χ0) is 22.3. The highest BCUT2D eigenvalue weighted by Crippen LogP contribution is 2.25. The lowest BCUT2D eigenvalue weighted by atomic mass is 10.1. The van der Waals surface area contributed by atoms with E-state index < -0.39 is 28.0 Å². The number of ether oxygens (including phenoxy) is 3. The van der Waals surface area contributed by atoms with Gasteiger partial charge in [0.25, 0.3) is 5.91 Å². The number of benzene rings is 2. The first-order chi connectivity index (χ1) is 14.1. The first kappa shape index (κ1) is 22.9. The van der Waals surface area contributed by atoms with Gasteiger partial charge in [-0.05, 0) is 55.5 Å². The number of sulfonamides is 1. The molecule has 0 saturated heterocycles. The third-order valence-corrected chi connectivity index (χ3v) is 4.88. The molecular formula is C20H22N2O7S. The fourth-order valence-electron chi connectivity index (χ4n) is 2.37. The van der Waals surface area contributed by atoms with Gasteiger partial charge in [-0.25, -0.2) is 18.4 Å². The molecule has 0 heterocycles. The Balaban J connectivity index is 1.98. The van der Waals surface area contributed by atoms with Gasteiger partial charge in [0, 0.05) is 17.3 Å². The summed E-state index contributed by atoms with van der Waals surface area (Å²) in [6, 6.07) is 10.4. The minimum atomic E-state index is -3.83. The maximum atomic E-state index is 12.2. The molecule has 9 nitrogen and oxygen atoms in total. The maximum Gasteiger partial charge on any atom is 0.331 e. The van der Waals surface area contributed by atoms with Crippen LogP contribution in [0.1, 0.15) is 12.5 Å². The van der Waals surface area contributed by atoms with Gasteiger partial charge < -0.3 is 19.5 Å². The summed E-state index contributed by atoms with van der Waals surface area (Å²) < 4.78 is 37.9. The lowest BCUT2D eigenvalue weighted by Crippen LogP contribution is -2.29. The number of nitrogens with two attached hydrogens (primary N) is 1. The lowest BCUT2D eigenvalue weighted by Gasteiger charge is -2.12. The predicted octanol–water partition coefficient (Wildman–Crippen LogP) is 1.93. The van der Waals surface area contributed by atoms with Crippen molar-refractivity contribution in [1.82, 2.24) is 0 Å². The number of methoxy groups -OCH3 is 2. The number of carbonyl (C=O) groups is 2. The highest BCUT2D eigenvalue weighted by molar-refractivity contribution is 7.89. The second-order valence-corrected chi connectivity index (χ2v) is 7.64. The van der Waals surface area contributed by atoms with Gasteiger partial charge in [-0.15, -0.1) is 0 Å². The van der Waals surface area contributed by atoms with Crippen molar-refractivity contribution in [3.05, 3.63) is 54.1 Å². The largest absolute Gasteiger partial charge is 0.497 e. The molecule has 2 aromatic carbocycles. The smallest absolute Gasteiger partial charge is 0.331 e. The first-order valence-electron chi connectivity index (χ1n) is 8.68. The lowest BCUT2D eigenvalue weighted by molar-refractivity contribution is -0.148. The Labute approximate surface area is 174 Å². The number of amides is 1. The molecule has 10 heteroatoms. The monoisotopic (exact) mass is 434 g/mol. The number of rotatable bonds is 8. The second-order valence-electron chi connectivity index (χ2n) is 6.08. The fraction of sp³-hybridized carbons (Fsp3) is 0.200. The van der Waals surface area contributed by atoms with E-state index in [2.05, 4.69) is 5.32 Å². The molecule has 0 aliphatic heterocycles. The van der Waals surface area contributed by atoms with E-state index in [9.17, 15) is 18.0 Å². The predicted molar refractivity (Wildman–Crippen MR) is 111 cm³/mol. The standard InChI is InChI=1S/C20H22N2O7S/c1-13(20(24)22-15-5-8-17(9-6-15)30(21,25)26)29-19(23)11-4-14-12-16(27-2)7-10-18(14)28-3/h4-13H,1-3H3,(H,22,24)(H2,21,25,26)/b11-4+. The first-order valence-corrected chi connectivity index (χ1v) is 10.2. The van der Waals surface area contributed by atoms with Crippen LogP contribution in [0.15, 0.2) is 53.4 Å². The van der Waals surface area contributed by atoms with E-state index in [1.54, 1.807) is 18.2 Å². The molecule has 2 aromatic rings. The van der Waals surface area contributed by atoms with Crippen LogP contribution < -0.4 is 19.9 Å². The number of primary sulfonamides is 1. The Kier molecular flexibility index (Phi) is 7.56. The molecule has 1 atom stereocenters. The van der Waals surface area contributed by atoms with Crippen LogP contribution in [0.5, 0.6) is 11.5 Å². The number of hydrogen-bond acceptors (Lipinski definition) is 7. The topological polar surface area (TPSA) is 134 Å². The highest BCUT2D eigenvalue weighted by atomic mass is 32.2. The molecule has 0 saturated carbocycles. The van der Waals surface area contributed by atoms with Crippen molar-refractivity contribution in [2.45, 2.75) is 17.9 Å². The number of carbonyl (C=O) groups excluding carboxylic acids is 2. The van der Waals surface area contributed by atoms with E-state index in [1.807, 2.05) is 0 Å². The van der Waals surface area contributed by atoms with Crippen molar-refractivity contribution in [1.29, 1.82) is 0 Å². The van der Waals surface area contributed by atoms with E-state index in [0.717, 1.165) is 0 Å². The van der Waals surface area contributed by atoms with E-state index in [4.69, 9.17) is 19.3 Å². The van der Waals surface area contributed by atoms with Crippen LogP contribution in [0.2, 0.25) is 0 Å². The van der Waals surface area contributed by atoms with Gasteiger partial charge in [0.2, 0.25) is 10.0 Å². The van der Waals surface area contributed by atoms with Crippen molar-refractivity contribution in [3.8, 4) is 11.5 Å². The molecule has 3 N–H and O–H groups in total. The van der Waals surface area contributed by atoms with Gasteiger partial charge >= 0.3 is 5.97 Å². The van der Waals surface area contributed by atoms with E-state index in [0.29, 0.717) is 22.7 Å². The zero-order valence-electron chi connectivity index (χ0n) is 16.6. The van der Waals surface area contributed by atoms with Gasteiger partial charge in [-0.3, -0.25) is 4.79 Å². The average molecular weight is 434 g/mol. The quantitative estimate of drug-likeness (QED) is 0.479. The molecule has 0 aliphatic carbocycles. The van der Waals surface area contributed by atoms with Crippen molar-refractivity contribution >= 4 is 33.7 Å². The van der Waals surface area contributed by atoms with Crippen molar-refractivity contribution in [2.75, 3.05) is 19.5 Å². The Morgan fingerprint density at radius 3 is 2.30 bits per heavy atom. The minimum absolute atomic E-state index is 0.0851. The summed E-state index contributed by atoms with van der Waals surface area (Å²) in [6.45, 7) is 1.41. The Morgan fingerprint density at radius 2 is 1.73 bits per heavy atom. The summed E-state index contributed by atoms with van der Waals surface area (Å²) in [6.07, 6.45) is 1.56. The molecule has 0 aromatic heterocycles. The van der Waals surface area contributed by atoms with Crippen LogP contribution in [0.25, 0.3) is 6.08 Å².